The van der Waals surface area contributed by atoms with E-state index in [9.17, 15) is 36.5 Å². The molecule has 0 unspecified atom stereocenters. The van der Waals surface area contributed by atoms with Crippen molar-refractivity contribution in [2.75, 3.05) is 18.9 Å². The Morgan fingerprint density at radius 3 is 2.40 bits per heavy atom. The van der Waals surface area contributed by atoms with Crippen LogP contribution in [0.1, 0.15) is 5.56 Å². The summed E-state index contributed by atoms with van der Waals surface area (Å²) >= 11 is 0. The fourth-order valence-corrected chi connectivity index (χ4v) is 3.30. The Hall–Kier alpha value is -3.35. The average Bonchev–Trinajstić information content (AvgIpc) is 2.69. The smallest absolute Gasteiger partial charge is 0.423 e. The molecule has 0 bridgehead atoms. The Morgan fingerprint density at radius 2 is 1.83 bits per heavy atom. The monoisotopic (exact) mass is 447 g/mol. The summed E-state index contributed by atoms with van der Waals surface area (Å²) in [6.45, 7) is -1.76. The van der Waals surface area contributed by atoms with Crippen molar-refractivity contribution in [3.8, 4) is 0 Å². The summed E-state index contributed by atoms with van der Waals surface area (Å²) in [7, 11) is -3.66. The fraction of sp³-hybridized carbons (Fsp3) is 0.235. The first-order valence-corrected chi connectivity index (χ1v) is 9.64. The zero-order valence-electron chi connectivity index (χ0n) is 15.4. The van der Waals surface area contributed by atoms with E-state index >= 15 is 0 Å². The lowest BCUT2D eigenvalue weighted by Gasteiger charge is -2.18. The van der Waals surface area contributed by atoms with E-state index in [4.69, 9.17) is 4.74 Å². The van der Waals surface area contributed by atoms with E-state index in [1.165, 1.54) is 0 Å². The minimum absolute atomic E-state index is 0.208. The van der Waals surface area contributed by atoms with Crippen molar-refractivity contribution in [3.05, 3.63) is 64.2 Å². The van der Waals surface area contributed by atoms with Crippen molar-refractivity contribution in [2.24, 2.45) is 0 Å². The number of halogens is 3. The van der Waals surface area contributed by atoms with Crippen molar-refractivity contribution >= 4 is 27.5 Å². The SMILES string of the molecule is CN(C(=O)OCc1ccccc1)S(=O)(=O)c1ccc(NCC(F)(F)F)c([N+](=O)[O-])c1. The molecule has 0 aliphatic heterocycles. The van der Waals surface area contributed by atoms with Crippen molar-refractivity contribution in [1.29, 1.82) is 0 Å². The van der Waals surface area contributed by atoms with Crippen molar-refractivity contribution in [1.82, 2.24) is 4.31 Å². The van der Waals surface area contributed by atoms with Crippen LogP contribution >= 0.6 is 0 Å². The number of hydrogen-bond acceptors (Lipinski definition) is 7. The molecule has 0 aliphatic carbocycles. The number of anilines is 1. The molecular formula is C17H16F3N3O6S. The van der Waals surface area contributed by atoms with Gasteiger partial charge in [0.15, 0.2) is 0 Å². The zero-order chi connectivity index (χ0) is 22.5. The van der Waals surface area contributed by atoms with Crippen molar-refractivity contribution in [2.45, 2.75) is 17.7 Å². The number of nitro benzene ring substituents is 1. The van der Waals surface area contributed by atoms with Gasteiger partial charge in [-0.15, -0.1) is 0 Å². The van der Waals surface area contributed by atoms with Crippen molar-refractivity contribution in [3.63, 3.8) is 0 Å². The third-order valence-electron chi connectivity index (χ3n) is 3.77. The van der Waals surface area contributed by atoms with Crippen LogP contribution in [0.2, 0.25) is 0 Å². The van der Waals surface area contributed by atoms with E-state index in [0.717, 1.165) is 19.2 Å². The maximum atomic E-state index is 12.6. The Morgan fingerprint density at radius 1 is 1.20 bits per heavy atom. The van der Waals surface area contributed by atoms with Crippen LogP contribution in [0.25, 0.3) is 0 Å². The van der Waals surface area contributed by atoms with Crippen LogP contribution in [0.15, 0.2) is 53.4 Å². The van der Waals surface area contributed by atoms with Crippen LogP contribution in [0.4, 0.5) is 29.3 Å². The topological polar surface area (TPSA) is 119 Å². The summed E-state index contributed by atoms with van der Waals surface area (Å²) in [5, 5.41) is 13.0. The molecule has 0 fully saturated rings. The van der Waals surface area contributed by atoms with E-state index in [2.05, 4.69) is 0 Å². The number of hydrogen-bond donors (Lipinski definition) is 1. The van der Waals surface area contributed by atoms with Crippen LogP contribution in [-0.4, -0.2) is 43.5 Å². The highest BCUT2D eigenvalue weighted by atomic mass is 32.2. The fourth-order valence-electron chi connectivity index (χ4n) is 2.23. The second-order valence-corrected chi connectivity index (χ2v) is 7.89. The van der Waals surface area contributed by atoms with Crippen LogP contribution in [0, 0.1) is 10.1 Å². The molecule has 162 valence electrons. The molecule has 0 heterocycles. The Bertz CT molecular complexity index is 1030. The molecule has 9 nitrogen and oxygen atoms in total. The van der Waals surface area contributed by atoms with Crippen LogP contribution in [0.3, 0.4) is 0 Å². The number of amides is 1. The van der Waals surface area contributed by atoms with Gasteiger partial charge in [-0.25, -0.2) is 17.5 Å². The number of carbonyl (C=O) groups excluding carboxylic acids is 1. The first-order valence-electron chi connectivity index (χ1n) is 8.20. The Labute approximate surface area is 169 Å². The molecule has 30 heavy (non-hydrogen) atoms. The lowest BCUT2D eigenvalue weighted by Crippen LogP contribution is -2.33. The standard InChI is InChI=1S/C17H16F3N3O6S/c1-22(16(24)29-10-12-5-3-2-4-6-12)30(27,28)13-7-8-14(15(9-13)23(25)26)21-11-17(18,19)20/h2-9,21H,10-11H2,1H3. The molecule has 13 heteroatoms. The third kappa shape index (κ3) is 5.83. The maximum absolute atomic E-state index is 12.6. The minimum atomic E-state index is -4.64. The summed E-state index contributed by atoms with van der Waals surface area (Å²) in [5.74, 6) is 0. The van der Waals surface area contributed by atoms with Gasteiger partial charge in [0.2, 0.25) is 0 Å². The van der Waals surface area contributed by atoms with Gasteiger partial charge in [0.05, 0.1) is 9.82 Å². The molecule has 0 radical (unpaired) electrons. The number of nitrogens with zero attached hydrogens (tertiary/aromatic N) is 2. The molecule has 2 aromatic carbocycles. The number of ether oxygens (including phenoxy) is 1. The molecular weight excluding hydrogens is 431 g/mol. The second-order valence-electron chi connectivity index (χ2n) is 5.92. The molecule has 2 aromatic rings. The average molecular weight is 447 g/mol. The van der Waals surface area contributed by atoms with E-state index in [1.54, 1.807) is 30.3 Å². The van der Waals surface area contributed by atoms with Gasteiger partial charge < -0.3 is 10.1 Å². The van der Waals surface area contributed by atoms with E-state index in [-0.39, 0.29) is 10.9 Å². The molecule has 1 N–H and O–H groups in total. The molecule has 0 spiro atoms. The largest absolute Gasteiger partial charge is 0.444 e. The van der Waals surface area contributed by atoms with E-state index in [0.29, 0.717) is 11.6 Å². The van der Waals surface area contributed by atoms with Crippen LogP contribution in [-0.2, 0) is 21.4 Å². The Balaban J connectivity index is 2.22. The molecule has 2 rings (SSSR count). The number of nitro groups is 1. The van der Waals surface area contributed by atoms with Gasteiger partial charge in [0.1, 0.15) is 18.8 Å². The van der Waals surface area contributed by atoms with Gasteiger partial charge in [-0.05, 0) is 17.7 Å². The van der Waals surface area contributed by atoms with Gasteiger partial charge in [0, 0.05) is 13.1 Å². The molecule has 1 amide bonds. The van der Waals surface area contributed by atoms with Gasteiger partial charge >= 0.3 is 12.3 Å². The first-order chi connectivity index (χ1) is 13.9. The summed E-state index contributed by atoms with van der Waals surface area (Å²) in [6.07, 6.45) is -5.87. The first kappa shape index (κ1) is 22.9. The quantitative estimate of drug-likeness (QED) is 0.509. The highest BCUT2D eigenvalue weighted by molar-refractivity contribution is 7.89. The Kier molecular flexibility index (Phi) is 6.87. The van der Waals surface area contributed by atoms with E-state index < -0.39 is 50.0 Å². The minimum Gasteiger partial charge on any atom is -0.444 e. The molecule has 0 aliphatic rings. The van der Waals surface area contributed by atoms with Gasteiger partial charge in [-0.3, -0.25) is 10.1 Å². The van der Waals surface area contributed by atoms with E-state index in [1.807, 2.05) is 5.32 Å². The normalized spacial score (nSPS) is 11.6. The predicted octanol–water partition coefficient (Wildman–Crippen LogP) is 3.53. The number of rotatable bonds is 7. The molecule has 0 saturated heterocycles. The number of nitrogens with one attached hydrogen (secondary N) is 1. The maximum Gasteiger partial charge on any atom is 0.423 e. The number of benzene rings is 2. The number of carbonyl (C=O) groups is 1. The highest BCUT2D eigenvalue weighted by Gasteiger charge is 2.31. The molecule has 0 atom stereocenters. The van der Waals surface area contributed by atoms with Crippen LogP contribution in [0.5, 0.6) is 0 Å². The summed E-state index contributed by atoms with van der Waals surface area (Å²) in [4.78, 5) is 21.6. The predicted molar refractivity (Wildman–Crippen MR) is 99.2 cm³/mol. The highest BCUT2D eigenvalue weighted by Crippen LogP contribution is 2.30. The third-order valence-corrected chi connectivity index (χ3v) is 5.49. The van der Waals surface area contributed by atoms with Gasteiger partial charge in [-0.2, -0.15) is 13.2 Å². The summed E-state index contributed by atoms with van der Waals surface area (Å²) in [6, 6.07) is 10.7. The molecule has 0 aromatic heterocycles. The second kappa shape index (κ2) is 8.98. The lowest BCUT2D eigenvalue weighted by molar-refractivity contribution is -0.384. The summed E-state index contributed by atoms with van der Waals surface area (Å²) < 4.78 is 67.4. The van der Waals surface area contributed by atoms with Crippen molar-refractivity contribution < 1.29 is 36.0 Å². The molecule has 0 saturated carbocycles. The number of sulfonamides is 1. The van der Waals surface area contributed by atoms with Crippen LogP contribution < -0.4 is 5.32 Å². The zero-order valence-corrected chi connectivity index (χ0v) is 16.2. The number of alkyl halides is 3. The lowest BCUT2D eigenvalue weighted by atomic mass is 10.2. The van der Waals surface area contributed by atoms with Gasteiger partial charge in [-0.1, -0.05) is 30.3 Å². The summed E-state index contributed by atoms with van der Waals surface area (Å²) in [5.41, 5.74) is -0.815. The van der Waals surface area contributed by atoms with Gasteiger partial charge in [0.25, 0.3) is 15.7 Å².